The van der Waals surface area contributed by atoms with Crippen LogP contribution in [0.2, 0.25) is 0 Å². The number of hydrogen-bond acceptors (Lipinski definition) is 5. The van der Waals surface area contributed by atoms with E-state index in [1.807, 2.05) is 48.5 Å². The molecule has 5 atom stereocenters. The highest BCUT2D eigenvalue weighted by Gasteiger charge is 2.69. The van der Waals surface area contributed by atoms with Crippen LogP contribution in [0.4, 0.5) is 0 Å². The Morgan fingerprint density at radius 3 is 1.45 bits per heavy atom. The molecule has 1 aromatic heterocycles. The SMILES string of the molecule is C[C@@H]1C2(c3ccc(-c4cccc(-c5nc(-c6ccc(C#N)cc6)nc(-c6ccc(-c7ccc(C#N)cc7)cc6)n5)c4)cc3)C[C@H]3CC[C@@H](C2)[C@@]31C. The number of rotatable bonds is 6. The zero-order valence-corrected chi connectivity index (χ0v) is 28.8. The van der Waals surface area contributed by atoms with E-state index in [-0.39, 0.29) is 0 Å². The van der Waals surface area contributed by atoms with Crippen molar-refractivity contribution in [2.75, 3.05) is 0 Å². The van der Waals surface area contributed by atoms with Gasteiger partial charge in [0.25, 0.3) is 0 Å². The highest BCUT2D eigenvalue weighted by Crippen LogP contribution is 2.75. The first-order chi connectivity index (χ1) is 24.9. The summed E-state index contributed by atoms with van der Waals surface area (Å²) in [6.45, 7) is 5.11. The molecule has 0 spiro atoms. The molecule has 0 amide bonds. The Labute approximate surface area is 299 Å². The van der Waals surface area contributed by atoms with Crippen molar-refractivity contribution in [2.24, 2.45) is 23.2 Å². The third kappa shape index (κ3) is 4.99. The lowest BCUT2D eigenvalue weighted by Gasteiger charge is -2.33. The first-order valence-electron chi connectivity index (χ1n) is 18.0. The number of fused-ring (bicyclic) bond motifs is 1. The summed E-state index contributed by atoms with van der Waals surface area (Å²) in [4.78, 5) is 14.9. The van der Waals surface area contributed by atoms with Gasteiger partial charge < -0.3 is 0 Å². The van der Waals surface area contributed by atoms with Crippen LogP contribution < -0.4 is 0 Å². The van der Waals surface area contributed by atoms with Crippen LogP contribution in [0.3, 0.4) is 0 Å². The molecule has 5 aromatic carbocycles. The van der Waals surface area contributed by atoms with E-state index in [4.69, 9.17) is 15.0 Å². The molecule has 246 valence electrons. The van der Waals surface area contributed by atoms with Gasteiger partial charge in [0.1, 0.15) is 0 Å². The molecule has 0 radical (unpaired) electrons. The van der Waals surface area contributed by atoms with Crippen LogP contribution in [-0.4, -0.2) is 15.0 Å². The molecule has 9 rings (SSSR count). The Morgan fingerprint density at radius 2 is 0.941 bits per heavy atom. The van der Waals surface area contributed by atoms with E-state index in [1.165, 1.54) is 36.8 Å². The molecule has 3 saturated carbocycles. The third-order valence-corrected chi connectivity index (χ3v) is 12.9. The van der Waals surface area contributed by atoms with Crippen molar-refractivity contribution >= 4 is 0 Å². The van der Waals surface area contributed by atoms with Crippen molar-refractivity contribution in [2.45, 2.75) is 44.9 Å². The summed E-state index contributed by atoms with van der Waals surface area (Å²) in [5, 5.41) is 18.6. The van der Waals surface area contributed by atoms with Gasteiger partial charge in [0.15, 0.2) is 17.5 Å². The summed E-state index contributed by atoms with van der Waals surface area (Å²) in [7, 11) is 0. The van der Waals surface area contributed by atoms with Gasteiger partial charge in [-0.15, -0.1) is 0 Å². The van der Waals surface area contributed by atoms with Gasteiger partial charge in [0.2, 0.25) is 0 Å². The number of nitriles is 2. The Kier molecular flexibility index (Phi) is 7.23. The lowest BCUT2D eigenvalue weighted by atomic mass is 9.72. The molecule has 0 N–H and O–H groups in total. The van der Waals surface area contributed by atoms with Crippen LogP contribution in [0, 0.1) is 45.8 Å². The number of hydrogen-bond donors (Lipinski definition) is 0. The molecular formula is C46H37N5. The fraction of sp³-hybridized carbons (Fsp3) is 0.239. The van der Waals surface area contributed by atoms with Gasteiger partial charge in [-0.3, -0.25) is 0 Å². The van der Waals surface area contributed by atoms with Crippen molar-refractivity contribution in [3.05, 3.63) is 138 Å². The molecule has 0 aliphatic heterocycles. The zero-order chi connectivity index (χ0) is 34.7. The molecule has 3 fully saturated rings. The van der Waals surface area contributed by atoms with Gasteiger partial charge >= 0.3 is 0 Å². The molecule has 3 aliphatic rings. The second-order valence-corrected chi connectivity index (χ2v) is 15.0. The molecule has 1 heterocycles. The molecule has 2 bridgehead atoms. The standard InChI is InChI=1S/C46H37N5/c1-29-45(2)40-22-23-41(45)26-46(29,25-40)39-20-18-34(19-21-39)37-4-3-5-38(24-37)44-50-42(35-12-8-31(28-48)9-13-35)49-43(51-44)36-16-14-33(15-17-36)32-10-6-30(27-47)7-11-32/h3-21,24,29,40-41H,22-23,25-26H2,1-2H3/t29-,40-,41+,45-,46?/m0/s1. The minimum Gasteiger partial charge on any atom is -0.208 e. The third-order valence-electron chi connectivity index (χ3n) is 12.9. The topological polar surface area (TPSA) is 86.2 Å². The van der Waals surface area contributed by atoms with E-state index >= 15 is 0 Å². The summed E-state index contributed by atoms with van der Waals surface area (Å²) in [5.74, 6) is 4.20. The highest BCUT2D eigenvalue weighted by molar-refractivity contribution is 5.74. The minimum absolute atomic E-state index is 0.324. The summed E-state index contributed by atoms with van der Waals surface area (Å²) in [6, 6.07) is 45.3. The molecule has 0 saturated heterocycles. The van der Waals surface area contributed by atoms with Crippen molar-refractivity contribution in [3.8, 4) is 68.6 Å². The van der Waals surface area contributed by atoms with E-state index in [2.05, 4.69) is 86.6 Å². The zero-order valence-electron chi connectivity index (χ0n) is 28.8. The lowest BCUT2D eigenvalue weighted by Crippen LogP contribution is -2.26. The maximum atomic E-state index is 9.37. The maximum Gasteiger partial charge on any atom is 0.164 e. The van der Waals surface area contributed by atoms with E-state index in [0.29, 0.717) is 39.4 Å². The predicted molar refractivity (Wildman–Crippen MR) is 201 cm³/mol. The van der Waals surface area contributed by atoms with E-state index in [1.54, 1.807) is 12.1 Å². The van der Waals surface area contributed by atoms with Crippen LogP contribution in [0.15, 0.2) is 121 Å². The smallest absolute Gasteiger partial charge is 0.164 e. The monoisotopic (exact) mass is 659 g/mol. The van der Waals surface area contributed by atoms with Crippen LogP contribution in [0.5, 0.6) is 0 Å². The molecule has 5 heteroatoms. The molecule has 1 unspecified atom stereocenters. The molecule has 51 heavy (non-hydrogen) atoms. The molecule has 3 aliphatic carbocycles. The lowest BCUT2D eigenvalue weighted by molar-refractivity contribution is 0.166. The minimum atomic E-state index is 0.324. The van der Waals surface area contributed by atoms with Crippen molar-refractivity contribution < 1.29 is 0 Å². The quantitative estimate of drug-likeness (QED) is 0.178. The maximum absolute atomic E-state index is 9.37. The summed E-state index contributed by atoms with van der Waals surface area (Å²) in [6.07, 6.45) is 5.51. The van der Waals surface area contributed by atoms with Crippen molar-refractivity contribution in [3.63, 3.8) is 0 Å². The van der Waals surface area contributed by atoms with Crippen LogP contribution in [0.25, 0.3) is 56.4 Å². The molecular weight excluding hydrogens is 623 g/mol. The summed E-state index contributed by atoms with van der Waals surface area (Å²) < 4.78 is 0. The van der Waals surface area contributed by atoms with Gasteiger partial charge in [-0.1, -0.05) is 92.7 Å². The fourth-order valence-corrected chi connectivity index (χ4v) is 9.94. The molecule has 5 nitrogen and oxygen atoms in total. The van der Waals surface area contributed by atoms with Crippen LogP contribution in [-0.2, 0) is 5.41 Å². The van der Waals surface area contributed by atoms with Crippen molar-refractivity contribution in [1.29, 1.82) is 10.5 Å². The second-order valence-electron chi connectivity index (χ2n) is 15.0. The first-order valence-corrected chi connectivity index (χ1v) is 18.0. The van der Waals surface area contributed by atoms with Gasteiger partial charge in [0.05, 0.1) is 23.3 Å². The van der Waals surface area contributed by atoms with Gasteiger partial charge in [-0.2, -0.15) is 10.5 Å². The fourth-order valence-electron chi connectivity index (χ4n) is 9.94. The highest BCUT2D eigenvalue weighted by atomic mass is 15.0. The van der Waals surface area contributed by atoms with Crippen LogP contribution >= 0.6 is 0 Å². The average molecular weight is 660 g/mol. The Hall–Kier alpha value is -5.91. The van der Waals surface area contributed by atoms with Crippen molar-refractivity contribution in [1.82, 2.24) is 15.0 Å². The second kappa shape index (κ2) is 11.9. The van der Waals surface area contributed by atoms with E-state index in [0.717, 1.165) is 51.1 Å². The number of nitrogens with zero attached hydrogens (tertiary/aromatic N) is 5. The van der Waals surface area contributed by atoms with Gasteiger partial charge in [-0.05, 0) is 125 Å². The normalized spacial score (nSPS) is 24.3. The molecule has 6 aromatic rings. The summed E-state index contributed by atoms with van der Waals surface area (Å²) in [5.41, 5.74) is 10.6. The largest absolute Gasteiger partial charge is 0.208 e. The Balaban J connectivity index is 1.06. The van der Waals surface area contributed by atoms with Gasteiger partial charge in [-0.25, -0.2) is 15.0 Å². The number of benzene rings is 5. The predicted octanol–water partition coefficient (Wildman–Crippen LogP) is 10.7. The first kappa shape index (κ1) is 31.1. The number of aromatic nitrogens is 3. The summed E-state index contributed by atoms with van der Waals surface area (Å²) >= 11 is 0. The van der Waals surface area contributed by atoms with Crippen LogP contribution in [0.1, 0.15) is 56.2 Å². The van der Waals surface area contributed by atoms with E-state index in [9.17, 15) is 10.5 Å². The van der Waals surface area contributed by atoms with Gasteiger partial charge in [0, 0.05) is 16.7 Å². The Bertz CT molecular complexity index is 2350. The Morgan fingerprint density at radius 1 is 0.529 bits per heavy atom. The van der Waals surface area contributed by atoms with E-state index < -0.39 is 0 Å². The average Bonchev–Trinajstić information content (AvgIpc) is 3.61.